The lowest BCUT2D eigenvalue weighted by atomic mass is 9.89. The smallest absolute Gasteiger partial charge is 0.142 e. The van der Waals surface area contributed by atoms with Gasteiger partial charge in [0.15, 0.2) is 0 Å². The molecule has 1 atom stereocenters. The van der Waals surface area contributed by atoms with Gasteiger partial charge in [0.1, 0.15) is 5.82 Å². The van der Waals surface area contributed by atoms with Crippen molar-refractivity contribution in [3.05, 3.63) is 34.6 Å². The van der Waals surface area contributed by atoms with E-state index in [9.17, 15) is 4.39 Å². The lowest BCUT2D eigenvalue weighted by molar-refractivity contribution is 0.125. The van der Waals surface area contributed by atoms with Gasteiger partial charge in [0, 0.05) is 32.2 Å². The average molecular weight is 333 g/mol. The van der Waals surface area contributed by atoms with Crippen LogP contribution in [0.15, 0.2) is 18.2 Å². The first-order valence-electron chi connectivity index (χ1n) is 7.65. The van der Waals surface area contributed by atoms with Crippen molar-refractivity contribution in [2.45, 2.75) is 31.7 Å². The van der Waals surface area contributed by atoms with Gasteiger partial charge in [-0.05, 0) is 36.5 Å². The van der Waals surface area contributed by atoms with Gasteiger partial charge in [0.05, 0.1) is 5.02 Å². The molecule has 0 spiro atoms. The Kier molecular flexibility index (Phi) is 6.30. The van der Waals surface area contributed by atoms with Crippen LogP contribution >= 0.6 is 24.0 Å². The van der Waals surface area contributed by atoms with Gasteiger partial charge >= 0.3 is 0 Å². The molecular formula is C16H23Cl2FN2. The summed E-state index contributed by atoms with van der Waals surface area (Å²) >= 11 is 5.83. The van der Waals surface area contributed by atoms with Crippen LogP contribution in [0.3, 0.4) is 0 Å². The van der Waals surface area contributed by atoms with Crippen LogP contribution in [0, 0.1) is 11.7 Å². The zero-order valence-corrected chi connectivity index (χ0v) is 13.7. The zero-order valence-electron chi connectivity index (χ0n) is 12.2. The molecule has 1 saturated carbocycles. The highest BCUT2D eigenvalue weighted by Crippen LogP contribution is 2.40. The van der Waals surface area contributed by atoms with Crippen molar-refractivity contribution >= 4 is 24.0 Å². The summed E-state index contributed by atoms with van der Waals surface area (Å²) in [5.74, 6) is 0.371. The molecule has 21 heavy (non-hydrogen) atoms. The summed E-state index contributed by atoms with van der Waals surface area (Å²) in [5.41, 5.74) is 1.10. The van der Waals surface area contributed by atoms with Crippen LogP contribution in [0.25, 0.3) is 0 Å². The minimum Gasteiger partial charge on any atom is -0.314 e. The van der Waals surface area contributed by atoms with Crippen molar-refractivity contribution in [2.24, 2.45) is 5.92 Å². The second kappa shape index (κ2) is 7.77. The van der Waals surface area contributed by atoms with Crippen LogP contribution in [0.4, 0.5) is 4.39 Å². The van der Waals surface area contributed by atoms with Gasteiger partial charge in [-0.25, -0.2) is 4.39 Å². The summed E-state index contributed by atoms with van der Waals surface area (Å²) in [6.45, 7) is 4.15. The molecule has 1 saturated heterocycles. The second-order valence-corrected chi connectivity index (χ2v) is 6.36. The zero-order chi connectivity index (χ0) is 13.9. The van der Waals surface area contributed by atoms with Crippen molar-refractivity contribution < 1.29 is 4.39 Å². The van der Waals surface area contributed by atoms with Gasteiger partial charge in [0.25, 0.3) is 0 Å². The molecule has 2 aliphatic rings. The van der Waals surface area contributed by atoms with Crippen LogP contribution in [-0.2, 0) is 0 Å². The molecule has 1 aromatic rings. The Hall–Kier alpha value is -0.350. The van der Waals surface area contributed by atoms with Gasteiger partial charge in [-0.3, -0.25) is 4.90 Å². The highest BCUT2D eigenvalue weighted by atomic mass is 35.5. The topological polar surface area (TPSA) is 15.3 Å². The highest BCUT2D eigenvalue weighted by Gasteiger charge is 2.32. The van der Waals surface area contributed by atoms with Gasteiger partial charge in [-0.15, -0.1) is 12.4 Å². The fraction of sp³-hybridized carbons (Fsp3) is 0.625. The lowest BCUT2D eigenvalue weighted by Gasteiger charge is -2.38. The van der Waals surface area contributed by atoms with Crippen molar-refractivity contribution in [1.82, 2.24) is 10.2 Å². The van der Waals surface area contributed by atoms with E-state index in [-0.39, 0.29) is 23.2 Å². The summed E-state index contributed by atoms with van der Waals surface area (Å²) in [7, 11) is 0. The molecule has 118 valence electrons. The number of rotatable bonds is 3. The Morgan fingerprint density at radius 2 is 1.86 bits per heavy atom. The molecule has 0 aromatic heterocycles. The van der Waals surface area contributed by atoms with E-state index in [1.807, 2.05) is 6.07 Å². The maximum absolute atomic E-state index is 13.8. The van der Waals surface area contributed by atoms with E-state index < -0.39 is 0 Å². The Bertz CT molecular complexity index is 458. The molecular weight excluding hydrogens is 310 g/mol. The molecule has 1 aromatic carbocycles. The quantitative estimate of drug-likeness (QED) is 0.898. The van der Waals surface area contributed by atoms with E-state index in [0.717, 1.165) is 31.7 Å². The van der Waals surface area contributed by atoms with E-state index in [4.69, 9.17) is 11.6 Å². The Morgan fingerprint density at radius 1 is 1.19 bits per heavy atom. The molecule has 0 amide bonds. The molecule has 1 aliphatic carbocycles. The molecule has 1 N–H and O–H groups in total. The Balaban J connectivity index is 0.00000161. The molecule has 5 heteroatoms. The van der Waals surface area contributed by atoms with E-state index in [0.29, 0.717) is 12.0 Å². The molecule has 1 heterocycles. The number of piperazine rings is 1. The van der Waals surface area contributed by atoms with Crippen LogP contribution in [-0.4, -0.2) is 31.1 Å². The Morgan fingerprint density at radius 3 is 2.48 bits per heavy atom. The van der Waals surface area contributed by atoms with Gasteiger partial charge in [0.2, 0.25) is 0 Å². The Labute approximate surface area is 137 Å². The predicted molar refractivity (Wildman–Crippen MR) is 87.8 cm³/mol. The van der Waals surface area contributed by atoms with Crippen LogP contribution in [0.1, 0.15) is 37.3 Å². The van der Waals surface area contributed by atoms with E-state index in [2.05, 4.69) is 10.2 Å². The van der Waals surface area contributed by atoms with Crippen molar-refractivity contribution in [2.75, 3.05) is 26.2 Å². The molecule has 2 nitrogen and oxygen atoms in total. The first kappa shape index (κ1) is 17.0. The van der Waals surface area contributed by atoms with E-state index >= 15 is 0 Å². The summed E-state index contributed by atoms with van der Waals surface area (Å²) in [5, 5.41) is 3.62. The summed E-state index contributed by atoms with van der Waals surface area (Å²) in [6, 6.07) is 5.71. The van der Waals surface area contributed by atoms with E-state index in [1.165, 1.54) is 25.7 Å². The van der Waals surface area contributed by atoms with Gasteiger partial charge < -0.3 is 5.32 Å². The normalized spacial score (nSPS) is 22.0. The third-order valence-corrected chi connectivity index (χ3v) is 4.98. The average Bonchev–Trinajstić information content (AvgIpc) is 2.98. The monoisotopic (exact) mass is 332 g/mol. The van der Waals surface area contributed by atoms with Gasteiger partial charge in [-0.1, -0.05) is 30.5 Å². The summed E-state index contributed by atoms with van der Waals surface area (Å²) in [4.78, 5) is 2.52. The maximum Gasteiger partial charge on any atom is 0.142 e. The minimum absolute atomic E-state index is 0. The molecule has 0 unspecified atom stereocenters. The van der Waals surface area contributed by atoms with Crippen molar-refractivity contribution in [3.63, 3.8) is 0 Å². The molecule has 0 radical (unpaired) electrons. The summed E-state index contributed by atoms with van der Waals surface area (Å²) in [6.07, 6.45) is 5.14. The first-order valence-corrected chi connectivity index (χ1v) is 8.03. The number of hydrogen-bond acceptors (Lipinski definition) is 2. The molecule has 1 aliphatic heterocycles. The first-order chi connectivity index (χ1) is 9.75. The number of nitrogens with one attached hydrogen (secondary N) is 1. The minimum atomic E-state index is -0.290. The predicted octanol–water partition coefficient (Wildman–Crippen LogP) is 4.04. The lowest BCUT2D eigenvalue weighted by Crippen LogP contribution is -2.46. The number of benzene rings is 1. The van der Waals surface area contributed by atoms with Crippen molar-refractivity contribution in [1.29, 1.82) is 0 Å². The fourth-order valence-electron chi connectivity index (χ4n) is 3.71. The van der Waals surface area contributed by atoms with Crippen LogP contribution in [0.5, 0.6) is 0 Å². The standard InChI is InChI=1S/C16H22ClFN2.ClH/c17-14-6-5-13(11-15(14)18)16(12-3-1-2-4-12)20-9-7-19-8-10-20;/h5-6,11-12,16,19H,1-4,7-10H2;1H/t16-;/m1./s1. The maximum atomic E-state index is 13.8. The number of halogens is 3. The third-order valence-electron chi connectivity index (χ3n) is 4.68. The largest absolute Gasteiger partial charge is 0.314 e. The van der Waals surface area contributed by atoms with Gasteiger partial charge in [-0.2, -0.15) is 0 Å². The van der Waals surface area contributed by atoms with Crippen LogP contribution in [0.2, 0.25) is 5.02 Å². The number of hydrogen-bond donors (Lipinski definition) is 1. The second-order valence-electron chi connectivity index (χ2n) is 5.95. The number of nitrogens with zero attached hydrogens (tertiary/aromatic N) is 1. The molecule has 0 bridgehead atoms. The van der Waals surface area contributed by atoms with Crippen molar-refractivity contribution in [3.8, 4) is 0 Å². The molecule has 3 rings (SSSR count). The molecule has 2 fully saturated rings. The fourth-order valence-corrected chi connectivity index (χ4v) is 3.83. The van der Waals surface area contributed by atoms with Crippen LogP contribution < -0.4 is 5.32 Å². The SMILES string of the molecule is Cl.Fc1cc([C@@H](C2CCCC2)N2CCNCC2)ccc1Cl. The van der Waals surface area contributed by atoms with E-state index in [1.54, 1.807) is 12.1 Å². The summed E-state index contributed by atoms with van der Waals surface area (Å²) < 4.78 is 13.8. The highest BCUT2D eigenvalue weighted by molar-refractivity contribution is 6.30. The third kappa shape index (κ3) is 3.89.